The number of hydrogen-bond donors (Lipinski definition) is 2. The predicted molar refractivity (Wildman–Crippen MR) is 88.2 cm³/mol. The first-order valence-corrected chi connectivity index (χ1v) is 8.77. The van der Waals surface area contributed by atoms with Gasteiger partial charge in [0.05, 0.1) is 5.56 Å². The monoisotopic (exact) mass is 365 g/mol. The number of hydrogen-bond acceptors (Lipinski definition) is 3. The van der Waals surface area contributed by atoms with Crippen LogP contribution in [0.1, 0.15) is 52.6 Å². The van der Waals surface area contributed by atoms with E-state index in [0.29, 0.717) is 17.5 Å². The fraction of sp³-hybridized carbons (Fsp3) is 0.611. The highest BCUT2D eigenvalue weighted by Crippen LogP contribution is 2.54. The second-order valence-electron chi connectivity index (χ2n) is 7.82. The molecule has 1 aliphatic heterocycles. The van der Waals surface area contributed by atoms with Crippen molar-refractivity contribution < 1.29 is 23.2 Å². The van der Waals surface area contributed by atoms with Crippen molar-refractivity contribution in [2.75, 3.05) is 7.05 Å². The summed E-state index contributed by atoms with van der Waals surface area (Å²) < 4.78 is 28.9. The van der Waals surface area contributed by atoms with Gasteiger partial charge in [-0.2, -0.15) is 0 Å². The number of aromatic nitrogens is 1. The molecule has 2 aliphatic carbocycles. The Bertz CT molecular complexity index is 850. The average molecular weight is 365 g/mol. The summed E-state index contributed by atoms with van der Waals surface area (Å²) in [7, 11) is 1.31. The van der Waals surface area contributed by atoms with E-state index in [2.05, 4.69) is 15.2 Å². The molecule has 1 aromatic rings. The highest BCUT2D eigenvalue weighted by Gasteiger charge is 2.62. The van der Waals surface area contributed by atoms with Gasteiger partial charge < -0.3 is 15.2 Å². The predicted octanol–water partition coefficient (Wildman–Crippen LogP) is 1.43. The smallest absolute Gasteiger partial charge is 0.293 e. The third kappa shape index (κ3) is 2.23. The molecular formula is C18H21F2N3O3. The Balaban J connectivity index is 1.60. The van der Waals surface area contributed by atoms with E-state index < -0.39 is 41.9 Å². The Kier molecular flexibility index (Phi) is 3.40. The molecule has 140 valence electrons. The molecule has 26 heavy (non-hydrogen) atoms. The molecule has 0 aromatic carbocycles. The molecule has 4 rings (SSSR count). The summed E-state index contributed by atoms with van der Waals surface area (Å²) in [5.74, 6) is -4.95. The third-order valence-corrected chi connectivity index (χ3v) is 6.10. The van der Waals surface area contributed by atoms with Gasteiger partial charge in [-0.15, -0.1) is 0 Å². The molecule has 0 spiro atoms. The van der Waals surface area contributed by atoms with Gasteiger partial charge in [-0.1, -0.05) is 0 Å². The van der Waals surface area contributed by atoms with Crippen molar-refractivity contribution >= 4 is 17.6 Å². The van der Waals surface area contributed by atoms with E-state index in [1.54, 1.807) is 6.92 Å². The molecule has 0 saturated heterocycles. The summed E-state index contributed by atoms with van der Waals surface area (Å²) in [6.45, 7) is 3.72. The molecule has 0 radical (unpaired) electrons. The summed E-state index contributed by atoms with van der Waals surface area (Å²) in [6.07, 6.45) is 0.256. The van der Waals surface area contributed by atoms with Crippen molar-refractivity contribution in [3.8, 4) is 0 Å². The Labute approximate surface area is 149 Å². The maximum atomic E-state index is 13.4. The van der Waals surface area contributed by atoms with Crippen LogP contribution in [0.5, 0.6) is 0 Å². The standard InChI is InChI=1S/C18H21F2N3O3/c1-8-9(2)23-11-4-10(11)5-12(23)13(8)14(24)15(25)22-17(16(26)21-3)6-18(19,20)7-17/h10-11H,4-7H2,1-3H3,(H,21,26)(H,22,25)/t10?,11-/m1/s1. The molecule has 1 unspecified atom stereocenters. The third-order valence-electron chi connectivity index (χ3n) is 6.10. The van der Waals surface area contributed by atoms with E-state index in [9.17, 15) is 23.2 Å². The van der Waals surface area contributed by atoms with Gasteiger partial charge in [0.1, 0.15) is 5.54 Å². The van der Waals surface area contributed by atoms with Crippen LogP contribution in [0, 0.1) is 19.8 Å². The highest BCUT2D eigenvalue weighted by atomic mass is 19.3. The van der Waals surface area contributed by atoms with Crippen LogP contribution < -0.4 is 10.6 Å². The lowest BCUT2D eigenvalue weighted by Gasteiger charge is -2.45. The maximum Gasteiger partial charge on any atom is 0.293 e. The van der Waals surface area contributed by atoms with Gasteiger partial charge >= 0.3 is 0 Å². The first kappa shape index (κ1) is 17.2. The normalized spacial score (nSPS) is 26.3. The number of fused-ring (bicyclic) bond motifs is 3. The molecular weight excluding hydrogens is 344 g/mol. The summed E-state index contributed by atoms with van der Waals surface area (Å²) in [4.78, 5) is 37.4. The Morgan fingerprint density at radius 1 is 1.19 bits per heavy atom. The number of likely N-dealkylation sites (N-methyl/N-ethyl adjacent to an activating group) is 1. The first-order valence-electron chi connectivity index (χ1n) is 8.77. The van der Waals surface area contributed by atoms with Crippen molar-refractivity contribution in [3.05, 3.63) is 22.5 Å². The van der Waals surface area contributed by atoms with Gasteiger partial charge in [0, 0.05) is 37.3 Å². The van der Waals surface area contributed by atoms with Gasteiger partial charge in [-0.25, -0.2) is 8.78 Å². The summed E-state index contributed by atoms with van der Waals surface area (Å²) in [5, 5.41) is 4.59. The number of ketones is 1. The van der Waals surface area contributed by atoms with Gasteiger partial charge in [-0.05, 0) is 38.2 Å². The van der Waals surface area contributed by atoms with Crippen molar-refractivity contribution in [2.45, 2.75) is 57.0 Å². The van der Waals surface area contributed by atoms with Gasteiger partial charge in [0.15, 0.2) is 0 Å². The summed E-state index contributed by atoms with van der Waals surface area (Å²) in [6, 6.07) is 0.413. The largest absolute Gasteiger partial charge is 0.357 e. The minimum absolute atomic E-state index is 0.366. The zero-order chi connectivity index (χ0) is 19.0. The van der Waals surface area contributed by atoms with E-state index in [-0.39, 0.29) is 0 Å². The van der Waals surface area contributed by atoms with Crippen LogP contribution in [0.2, 0.25) is 0 Å². The minimum atomic E-state index is -3.02. The van der Waals surface area contributed by atoms with Crippen LogP contribution in [-0.2, 0) is 16.0 Å². The molecule has 0 bridgehead atoms. The molecule has 2 amide bonds. The van der Waals surface area contributed by atoms with E-state index in [0.717, 1.165) is 29.8 Å². The topological polar surface area (TPSA) is 80.2 Å². The maximum absolute atomic E-state index is 13.4. The lowest BCUT2D eigenvalue weighted by atomic mass is 9.72. The zero-order valence-corrected chi connectivity index (χ0v) is 14.9. The molecule has 2 heterocycles. The van der Waals surface area contributed by atoms with Crippen molar-refractivity contribution in [2.24, 2.45) is 5.92 Å². The number of rotatable bonds is 4. The van der Waals surface area contributed by atoms with E-state index in [1.807, 2.05) is 6.92 Å². The van der Waals surface area contributed by atoms with E-state index in [1.165, 1.54) is 7.05 Å². The van der Waals surface area contributed by atoms with Crippen LogP contribution in [0.15, 0.2) is 0 Å². The minimum Gasteiger partial charge on any atom is -0.357 e. The lowest BCUT2D eigenvalue weighted by molar-refractivity contribution is -0.164. The van der Waals surface area contributed by atoms with Gasteiger partial charge in [0.25, 0.3) is 17.6 Å². The van der Waals surface area contributed by atoms with Crippen LogP contribution in [-0.4, -0.2) is 40.7 Å². The molecule has 3 aliphatic rings. The second-order valence-corrected chi connectivity index (χ2v) is 7.82. The summed E-state index contributed by atoms with van der Waals surface area (Å²) in [5.41, 5.74) is 1.22. The fourth-order valence-corrected chi connectivity index (χ4v) is 4.63. The molecule has 6 nitrogen and oxygen atoms in total. The lowest BCUT2D eigenvalue weighted by Crippen LogP contribution is -2.69. The molecule has 8 heteroatoms. The SMILES string of the molecule is CNC(=O)C1(NC(=O)C(=O)c2c(C)c(C)n3c2CC2C[C@H]23)CC(F)(F)C1. The Hall–Kier alpha value is -2.25. The van der Waals surface area contributed by atoms with E-state index in [4.69, 9.17) is 0 Å². The number of halogens is 2. The number of amides is 2. The Morgan fingerprint density at radius 3 is 2.42 bits per heavy atom. The molecule has 2 saturated carbocycles. The second kappa shape index (κ2) is 5.14. The fourth-order valence-electron chi connectivity index (χ4n) is 4.63. The number of carbonyl (C=O) groups excluding carboxylic acids is 3. The highest BCUT2D eigenvalue weighted by molar-refractivity contribution is 6.44. The number of nitrogens with one attached hydrogen (secondary N) is 2. The molecule has 1 aromatic heterocycles. The number of carbonyl (C=O) groups is 3. The molecule has 2 fully saturated rings. The first-order chi connectivity index (χ1) is 12.1. The zero-order valence-electron chi connectivity index (χ0n) is 14.9. The number of nitrogens with zero attached hydrogens (tertiary/aromatic N) is 1. The van der Waals surface area contributed by atoms with Crippen molar-refractivity contribution in [3.63, 3.8) is 0 Å². The van der Waals surface area contributed by atoms with Crippen molar-refractivity contribution in [1.82, 2.24) is 15.2 Å². The number of alkyl halides is 2. The summed E-state index contributed by atoms with van der Waals surface area (Å²) >= 11 is 0. The molecule has 2 N–H and O–H groups in total. The van der Waals surface area contributed by atoms with Crippen LogP contribution >= 0.6 is 0 Å². The van der Waals surface area contributed by atoms with Crippen LogP contribution in [0.3, 0.4) is 0 Å². The average Bonchev–Trinajstić information content (AvgIpc) is 3.14. The number of Topliss-reactive ketones (excluding diaryl/α,β-unsaturated/α-hetero) is 1. The van der Waals surface area contributed by atoms with E-state index >= 15 is 0 Å². The van der Waals surface area contributed by atoms with Crippen LogP contribution in [0.4, 0.5) is 8.78 Å². The van der Waals surface area contributed by atoms with Gasteiger partial charge in [-0.3, -0.25) is 14.4 Å². The Morgan fingerprint density at radius 2 is 1.85 bits per heavy atom. The van der Waals surface area contributed by atoms with Crippen molar-refractivity contribution in [1.29, 1.82) is 0 Å². The quantitative estimate of drug-likeness (QED) is 0.626. The van der Waals surface area contributed by atoms with Gasteiger partial charge in [0.2, 0.25) is 5.91 Å². The van der Waals surface area contributed by atoms with Crippen LogP contribution in [0.25, 0.3) is 0 Å². The molecule has 2 atom stereocenters.